The number of pyridine rings is 1. The van der Waals surface area contributed by atoms with Crippen LogP contribution in [0.2, 0.25) is 5.02 Å². The van der Waals surface area contributed by atoms with Crippen LogP contribution in [0.1, 0.15) is 10.4 Å². The number of halogens is 1. The Morgan fingerprint density at radius 2 is 1.81 bits per heavy atom. The average molecular weight is 297 g/mol. The van der Waals surface area contributed by atoms with Crippen molar-refractivity contribution in [2.75, 3.05) is 7.05 Å². The van der Waals surface area contributed by atoms with Crippen molar-refractivity contribution in [2.24, 2.45) is 0 Å². The van der Waals surface area contributed by atoms with Gasteiger partial charge in [0.2, 0.25) is 0 Å². The van der Waals surface area contributed by atoms with Crippen molar-refractivity contribution in [3.8, 4) is 11.3 Å². The van der Waals surface area contributed by atoms with Gasteiger partial charge in [-0.2, -0.15) is 0 Å². The Hall–Kier alpha value is -2.39. The molecule has 1 aromatic heterocycles. The van der Waals surface area contributed by atoms with Gasteiger partial charge in [-0.15, -0.1) is 0 Å². The lowest BCUT2D eigenvalue weighted by molar-refractivity contribution is 0.0964. The van der Waals surface area contributed by atoms with Gasteiger partial charge in [0.05, 0.1) is 16.8 Å². The van der Waals surface area contributed by atoms with Gasteiger partial charge in [0, 0.05) is 23.0 Å². The van der Waals surface area contributed by atoms with Gasteiger partial charge in [-0.3, -0.25) is 4.79 Å². The topological polar surface area (TPSA) is 42.0 Å². The Morgan fingerprint density at radius 3 is 2.57 bits per heavy atom. The molecule has 1 heterocycles. The van der Waals surface area contributed by atoms with E-state index in [0.29, 0.717) is 16.3 Å². The highest BCUT2D eigenvalue weighted by Gasteiger charge is 2.13. The van der Waals surface area contributed by atoms with Gasteiger partial charge in [0.1, 0.15) is 0 Å². The summed E-state index contributed by atoms with van der Waals surface area (Å²) in [5.74, 6) is -0.137. The molecular formula is C17H13ClN2O. The van der Waals surface area contributed by atoms with Crippen LogP contribution in [0.25, 0.3) is 22.2 Å². The van der Waals surface area contributed by atoms with Crippen LogP contribution in [-0.2, 0) is 0 Å². The summed E-state index contributed by atoms with van der Waals surface area (Å²) in [5.41, 5.74) is 2.87. The number of nitrogens with one attached hydrogen (secondary N) is 1. The molecule has 0 bridgehead atoms. The van der Waals surface area contributed by atoms with E-state index in [2.05, 4.69) is 10.3 Å². The molecule has 104 valence electrons. The predicted molar refractivity (Wildman–Crippen MR) is 85.6 cm³/mol. The van der Waals surface area contributed by atoms with Gasteiger partial charge >= 0.3 is 0 Å². The van der Waals surface area contributed by atoms with Crippen LogP contribution >= 0.6 is 11.6 Å². The fraction of sp³-hybridized carbons (Fsp3) is 0.0588. The number of rotatable bonds is 2. The smallest absolute Gasteiger partial charge is 0.251 e. The van der Waals surface area contributed by atoms with Crippen LogP contribution in [-0.4, -0.2) is 17.9 Å². The Balaban J connectivity index is 2.31. The van der Waals surface area contributed by atoms with Gasteiger partial charge in [-0.25, -0.2) is 4.98 Å². The summed E-state index contributed by atoms with van der Waals surface area (Å²) < 4.78 is 0. The minimum absolute atomic E-state index is 0.137. The third-order valence-electron chi connectivity index (χ3n) is 3.34. The van der Waals surface area contributed by atoms with Crippen molar-refractivity contribution in [2.45, 2.75) is 0 Å². The molecule has 0 aliphatic heterocycles. The fourth-order valence-electron chi connectivity index (χ4n) is 2.30. The van der Waals surface area contributed by atoms with Crippen molar-refractivity contribution in [3.05, 3.63) is 65.2 Å². The number of amides is 1. The second-order valence-corrected chi connectivity index (χ2v) is 5.04. The van der Waals surface area contributed by atoms with E-state index in [1.807, 2.05) is 48.5 Å². The third kappa shape index (κ3) is 2.48. The van der Waals surface area contributed by atoms with E-state index in [1.165, 1.54) is 0 Å². The van der Waals surface area contributed by atoms with Gasteiger partial charge in [0.15, 0.2) is 0 Å². The number of benzene rings is 2. The van der Waals surface area contributed by atoms with Crippen LogP contribution in [0.4, 0.5) is 0 Å². The summed E-state index contributed by atoms with van der Waals surface area (Å²) in [5, 5.41) is 4.11. The molecule has 0 radical (unpaired) electrons. The lowest BCUT2D eigenvalue weighted by atomic mass is 10.0. The molecule has 2 aromatic carbocycles. The quantitative estimate of drug-likeness (QED) is 0.779. The number of carbonyl (C=O) groups is 1. The second kappa shape index (κ2) is 5.54. The highest BCUT2D eigenvalue weighted by atomic mass is 35.5. The fourth-order valence-corrected chi connectivity index (χ4v) is 2.54. The molecule has 0 unspecified atom stereocenters. The number of hydrogen-bond donors (Lipinski definition) is 1. The third-order valence-corrected chi connectivity index (χ3v) is 3.67. The normalized spacial score (nSPS) is 10.6. The van der Waals surface area contributed by atoms with Crippen molar-refractivity contribution < 1.29 is 4.79 Å². The maximum atomic E-state index is 12.1. The van der Waals surface area contributed by atoms with Crippen molar-refractivity contribution in [3.63, 3.8) is 0 Å². The maximum Gasteiger partial charge on any atom is 0.251 e. The zero-order valence-electron chi connectivity index (χ0n) is 11.4. The van der Waals surface area contributed by atoms with Crippen LogP contribution in [0.3, 0.4) is 0 Å². The summed E-state index contributed by atoms with van der Waals surface area (Å²) in [6, 6.07) is 16.8. The first-order valence-electron chi connectivity index (χ1n) is 6.57. The van der Waals surface area contributed by atoms with Gasteiger partial charge in [0.25, 0.3) is 5.91 Å². The monoisotopic (exact) mass is 296 g/mol. The van der Waals surface area contributed by atoms with E-state index in [9.17, 15) is 4.79 Å². The number of aromatic nitrogens is 1. The number of nitrogens with zero attached hydrogens (tertiary/aromatic N) is 1. The first-order chi connectivity index (χ1) is 10.2. The van der Waals surface area contributed by atoms with E-state index in [0.717, 1.165) is 16.5 Å². The number of carbonyl (C=O) groups excluding carboxylic acids is 1. The minimum Gasteiger partial charge on any atom is -0.355 e. The Labute approximate surface area is 127 Å². The average Bonchev–Trinajstić information content (AvgIpc) is 2.53. The molecule has 3 rings (SSSR count). The summed E-state index contributed by atoms with van der Waals surface area (Å²) in [4.78, 5) is 16.7. The van der Waals surface area contributed by atoms with Crippen molar-refractivity contribution in [1.29, 1.82) is 0 Å². The molecular weight excluding hydrogens is 284 g/mol. The Morgan fingerprint density at radius 1 is 1.10 bits per heavy atom. The molecule has 0 aliphatic carbocycles. The van der Waals surface area contributed by atoms with Gasteiger partial charge in [-0.05, 0) is 18.2 Å². The van der Waals surface area contributed by atoms with E-state index in [1.54, 1.807) is 13.1 Å². The number of para-hydroxylation sites is 1. The maximum absolute atomic E-state index is 12.1. The molecule has 0 fully saturated rings. The molecule has 0 saturated carbocycles. The summed E-state index contributed by atoms with van der Waals surface area (Å²) in [7, 11) is 1.62. The van der Waals surface area contributed by atoms with Crippen molar-refractivity contribution >= 4 is 28.4 Å². The highest BCUT2D eigenvalue weighted by molar-refractivity contribution is 6.33. The zero-order chi connectivity index (χ0) is 14.8. The number of hydrogen-bond acceptors (Lipinski definition) is 2. The van der Waals surface area contributed by atoms with Gasteiger partial charge < -0.3 is 5.32 Å². The first-order valence-corrected chi connectivity index (χ1v) is 6.95. The molecule has 0 atom stereocenters. The lowest BCUT2D eigenvalue weighted by Crippen LogP contribution is -2.18. The first kappa shape index (κ1) is 13.6. The largest absolute Gasteiger partial charge is 0.355 e. The van der Waals surface area contributed by atoms with Crippen LogP contribution in [0, 0.1) is 0 Å². The van der Waals surface area contributed by atoms with E-state index in [4.69, 9.17) is 11.6 Å². The summed E-state index contributed by atoms with van der Waals surface area (Å²) in [6.07, 6.45) is 0. The molecule has 3 nitrogen and oxygen atoms in total. The molecule has 0 spiro atoms. The minimum atomic E-state index is -0.137. The Kier molecular flexibility index (Phi) is 3.59. The second-order valence-electron chi connectivity index (χ2n) is 4.63. The molecule has 3 aromatic rings. The molecule has 0 saturated heterocycles. The Bertz CT molecular complexity index is 830. The van der Waals surface area contributed by atoms with Crippen LogP contribution in [0.5, 0.6) is 0 Å². The summed E-state index contributed by atoms with van der Waals surface area (Å²) >= 11 is 6.24. The standard InChI is InChI=1S/C17H13ClN2O/c1-19-17(21)13-10-16(12-7-2-4-8-14(12)18)20-15-9-5-3-6-11(13)15/h2-10H,1H3,(H,19,21). The SMILES string of the molecule is CNC(=O)c1cc(-c2ccccc2Cl)nc2ccccc12. The molecule has 4 heteroatoms. The molecule has 1 amide bonds. The lowest BCUT2D eigenvalue weighted by Gasteiger charge is -2.09. The van der Waals surface area contributed by atoms with E-state index >= 15 is 0 Å². The number of fused-ring (bicyclic) bond motifs is 1. The van der Waals surface area contributed by atoms with Crippen LogP contribution in [0.15, 0.2) is 54.6 Å². The molecule has 1 N–H and O–H groups in total. The zero-order valence-corrected chi connectivity index (χ0v) is 12.2. The van der Waals surface area contributed by atoms with Crippen LogP contribution < -0.4 is 5.32 Å². The van der Waals surface area contributed by atoms with Gasteiger partial charge in [-0.1, -0.05) is 48.0 Å². The summed E-state index contributed by atoms with van der Waals surface area (Å²) in [6.45, 7) is 0. The van der Waals surface area contributed by atoms with E-state index < -0.39 is 0 Å². The van der Waals surface area contributed by atoms with E-state index in [-0.39, 0.29) is 5.91 Å². The van der Waals surface area contributed by atoms with Crippen molar-refractivity contribution in [1.82, 2.24) is 10.3 Å². The highest BCUT2D eigenvalue weighted by Crippen LogP contribution is 2.29. The molecule has 0 aliphatic rings. The predicted octanol–water partition coefficient (Wildman–Crippen LogP) is 3.91. The molecule has 21 heavy (non-hydrogen) atoms.